The van der Waals surface area contributed by atoms with Gasteiger partial charge in [0, 0.05) is 43.8 Å². The van der Waals surface area contributed by atoms with Crippen LogP contribution in [0.25, 0.3) is 144 Å². The summed E-state index contributed by atoms with van der Waals surface area (Å²) in [6.07, 6.45) is 0. The third kappa shape index (κ3) is 7.22. The average molecular weight is 920 g/mol. The number of benzene rings is 11. The second-order valence-electron chi connectivity index (χ2n) is 18.3. The Hall–Kier alpha value is -9.71. The molecule has 336 valence electrons. The highest BCUT2D eigenvalue weighted by Gasteiger charge is 2.21. The van der Waals surface area contributed by atoms with Crippen LogP contribution in [-0.4, -0.2) is 15.0 Å². The maximum absolute atomic E-state index is 7.05. The molecule has 0 fully saturated rings. The molecule has 0 aliphatic carbocycles. The van der Waals surface area contributed by atoms with E-state index in [9.17, 15) is 0 Å². The van der Waals surface area contributed by atoms with E-state index in [0.717, 1.165) is 127 Å². The molecule has 11 aromatic carbocycles. The molecule has 3 aromatic heterocycles. The van der Waals surface area contributed by atoms with Crippen LogP contribution in [0.15, 0.2) is 258 Å². The van der Waals surface area contributed by atoms with Gasteiger partial charge in [-0.3, -0.25) is 0 Å². The van der Waals surface area contributed by atoms with Crippen LogP contribution in [0.4, 0.5) is 0 Å². The lowest BCUT2D eigenvalue weighted by atomic mass is 9.90. The fourth-order valence-corrected chi connectivity index (χ4v) is 10.4. The Kier molecular flexibility index (Phi) is 9.78. The van der Waals surface area contributed by atoms with Crippen molar-refractivity contribution in [1.29, 1.82) is 0 Å². The zero-order chi connectivity index (χ0) is 47.5. The van der Waals surface area contributed by atoms with Crippen molar-refractivity contribution in [2.24, 2.45) is 0 Å². The van der Waals surface area contributed by atoms with Crippen LogP contribution in [0, 0.1) is 0 Å². The third-order valence-electron chi connectivity index (χ3n) is 13.9. The summed E-state index contributed by atoms with van der Waals surface area (Å²) in [6, 6.07) is 87.1. The van der Waals surface area contributed by atoms with Crippen molar-refractivity contribution in [3.8, 4) is 89.8 Å². The second kappa shape index (κ2) is 17.1. The molecule has 0 aliphatic rings. The first kappa shape index (κ1) is 41.3. The van der Waals surface area contributed by atoms with Crippen LogP contribution >= 0.6 is 0 Å². The van der Waals surface area contributed by atoms with Gasteiger partial charge in [-0.1, -0.05) is 200 Å². The van der Waals surface area contributed by atoms with Crippen molar-refractivity contribution in [2.75, 3.05) is 0 Å². The summed E-state index contributed by atoms with van der Waals surface area (Å²) in [4.78, 5) is 15.6. The molecule has 5 nitrogen and oxygen atoms in total. The first-order valence-electron chi connectivity index (χ1n) is 24.2. The number of furan rings is 2. The standard InChI is InChI=1S/C67H41N3O2/c1-4-15-42(16-5-1)45-27-31-47(32-28-45)65-68-66(70-67(69-65)57-24-14-26-60-62(57)56-23-12-13-25-59(56)71-60)48-33-29-46(30-34-48)54-35-36-55(64-63(54)58-40-49-21-10-11-22-50(49)41-61(58)72-64)53-38-51(43-17-6-2-7-18-43)37-52(39-53)44-19-8-3-9-20-44/h1-41H. The van der Waals surface area contributed by atoms with Crippen molar-refractivity contribution in [3.63, 3.8) is 0 Å². The zero-order valence-electron chi connectivity index (χ0n) is 38.8. The molecule has 0 saturated heterocycles. The minimum Gasteiger partial charge on any atom is -0.456 e. The molecule has 0 saturated carbocycles. The summed E-state index contributed by atoms with van der Waals surface area (Å²) in [7, 11) is 0. The lowest BCUT2D eigenvalue weighted by Crippen LogP contribution is -2.00. The molecular formula is C67H41N3O2. The Balaban J connectivity index is 0.927. The van der Waals surface area contributed by atoms with Gasteiger partial charge < -0.3 is 8.83 Å². The highest BCUT2D eigenvalue weighted by molar-refractivity contribution is 6.19. The smallest absolute Gasteiger partial charge is 0.164 e. The normalized spacial score (nSPS) is 11.6. The number of hydrogen-bond donors (Lipinski definition) is 0. The van der Waals surface area contributed by atoms with Crippen LogP contribution in [0.2, 0.25) is 0 Å². The average Bonchev–Trinajstić information content (AvgIpc) is 4.03. The molecule has 0 N–H and O–H groups in total. The molecule has 72 heavy (non-hydrogen) atoms. The molecule has 14 aromatic rings. The molecule has 14 rings (SSSR count). The number of hydrogen-bond acceptors (Lipinski definition) is 5. The Morgan fingerprint density at radius 1 is 0.236 bits per heavy atom. The van der Waals surface area contributed by atoms with Gasteiger partial charge in [-0.15, -0.1) is 0 Å². The molecule has 0 spiro atoms. The largest absolute Gasteiger partial charge is 0.456 e. The molecule has 3 heterocycles. The lowest BCUT2D eigenvalue weighted by molar-refractivity contribution is 0.669. The molecule has 0 aliphatic heterocycles. The molecule has 0 amide bonds. The maximum atomic E-state index is 7.05. The van der Waals surface area contributed by atoms with Gasteiger partial charge in [0.15, 0.2) is 17.5 Å². The first-order valence-corrected chi connectivity index (χ1v) is 24.2. The summed E-state index contributed by atoms with van der Waals surface area (Å²) in [6.45, 7) is 0. The minimum absolute atomic E-state index is 0.574. The predicted octanol–water partition coefficient (Wildman–Crippen LogP) is 18.2. The number of rotatable bonds is 8. The predicted molar refractivity (Wildman–Crippen MR) is 295 cm³/mol. The van der Waals surface area contributed by atoms with Crippen LogP contribution in [-0.2, 0) is 0 Å². The minimum atomic E-state index is 0.574. The number of aromatic nitrogens is 3. The third-order valence-corrected chi connectivity index (χ3v) is 13.9. The van der Waals surface area contributed by atoms with E-state index >= 15 is 0 Å². The van der Waals surface area contributed by atoms with E-state index in [1.165, 1.54) is 0 Å². The van der Waals surface area contributed by atoms with Gasteiger partial charge >= 0.3 is 0 Å². The van der Waals surface area contributed by atoms with Crippen molar-refractivity contribution in [2.45, 2.75) is 0 Å². The highest BCUT2D eigenvalue weighted by atomic mass is 16.3. The summed E-state index contributed by atoms with van der Waals surface area (Å²) in [5.74, 6) is 1.74. The monoisotopic (exact) mass is 919 g/mol. The Bertz CT molecular complexity index is 4290. The van der Waals surface area contributed by atoms with Crippen LogP contribution in [0.3, 0.4) is 0 Å². The maximum Gasteiger partial charge on any atom is 0.164 e. The topological polar surface area (TPSA) is 65.0 Å². The molecule has 0 unspecified atom stereocenters. The van der Waals surface area contributed by atoms with E-state index in [1.807, 2.05) is 36.4 Å². The Morgan fingerprint density at radius 2 is 0.722 bits per heavy atom. The Labute approximate surface area is 415 Å². The van der Waals surface area contributed by atoms with Crippen LogP contribution in [0.5, 0.6) is 0 Å². The van der Waals surface area contributed by atoms with E-state index in [1.54, 1.807) is 0 Å². The number of nitrogens with zero attached hydrogens (tertiary/aromatic N) is 3. The van der Waals surface area contributed by atoms with Gasteiger partial charge in [-0.25, -0.2) is 15.0 Å². The molecular weight excluding hydrogens is 879 g/mol. The summed E-state index contributed by atoms with van der Waals surface area (Å²) < 4.78 is 13.4. The molecule has 0 bridgehead atoms. The SMILES string of the molecule is c1ccc(-c2ccc(-c3nc(-c4ccc(-c5ccc(-c6cc(-c7ccccc7)cc(-c7ccccc7)c6)c6oc7cc8ccccc8cc7c56)cc4)nc(-c4cccc5oc6ccccc6c45)n3)cc2)cc1. The van der Waals surface area contributed by atoms with Crippen molar-refractivity contribution in [1.82, 2.24) is 15.0 Å². The van der Waals surface area contributed by atoms with Gasteiger partial charge in [0.1, 0.15) is 22.3 Å². The van der Waals surface area contributed by atoms with Gasteiger partial charge in [0.25, 0.3) is 0 Å². The van der Waals surface area contributed by atoms with Crippen molar-refractivity contribution in [3.05, 3.63) is 249 Å². The zero-order valence-corrected chi connectivity index (χ0v) is 38.8. The highest BCUT2D eigenvalue weighted by Crippen LogP contribution is 2.45. The summed E-state index contributed by atoms with van der Waals surface area (Å²) >= 11 is 0. The quantitative estimate of drug-likeness (QED) is 0.152. The second-order valence-corrected chi connectivity index (χ2v) is 18.3. The Morgan fingerprint density at radius 3 is 1.38 bits per heavy atom. The van der Waals surface area contributed by atoms with Crippen LogP contribution in [0.1, 0.15) is 0 Å². The van der Waals surface area contributed by atoms with E-state index in [-0.39, 0.29) is 0 Å². The van der Waals surface area contributed by atoms with E-state index in [0.29, 0.717) is 17.5 Å². The van der Waals surface area contributed by atoms with E-state index in [4.69, 9.17) is 23.8 Å². The first-order chi connectivity index (χ1) is 35.6. The molecule has 5 heteroatoms. The fourth-order valence-electron chi connectivity index (χ4n) is 10.4. The fraction of sp³-hybridized carbons (Fsp3) is 0. The van der Waals surface area contributed by atoms with Crippen molar-refractivity contribution >= 4 is 54.6 Å². The van der Waals surface area contributed by atoms with Gasteiger partial charge in [-0.05, 0) is 109 Å². The lowest BCUT2D eigenvalue weighted by Gasteiger charge is -2.13. The van der Waals surface area contributed by atoms with E-state index in [2.05, 4.69) is 212 Å². The molecule has 0 atom stereocenters. The molecule has 0 radical (unpaired) electrons. The van der Waals surface area contributed by atoms with Gasteiger partial charge in [0.2, 0.25) is 0 Å². The number of para-hydroxylation sites is 1. The van der Waals surface area contributed by atoms with Crippen molar-refractivity contribution < 1.29 is 8.83 Å². The number of fused-ring (bicyclic) bond motifs is 7. The van der Waals surface area contributed by atoms with Gasteiger partial charge in [0.05, 0.1) is 0 Å². The summed E-state index contributed by atoms with van der Waals surface area (Å²) in [5.41, 5.74) is 17.1. The van der Waals surface area contributed by atoms with E-state index < -0.39 is 0 Å². The van der Waals surface area contributed by atoms with Gasteiger partial charge in [-0.2, -0.15) is 0 Å². The van der Waals surface area contributed by atoms with Crippen LogP contribution < -0.4 is 0 Å². The summed E-state index contributed by atoms with van der Waals surface area (Å²) in [5, 5.41) is 6.42.